The van der Waals surface area contributed by atoms with Gasteiger partial charge < -0.3 is 0 Å². The van der Waals surface area contributed by atoms with E-state index < -0.39 is 18.3 Å². The lowest BCUT2D eigenvalue weighted by molar-refractivity contribution is -0.344. The molecule has 0 bridgehead atoms. The zero-order valence-electron chi connectivity index (χ0n) is 5.21. The molecule has 0 aromatic rings. The normalized spacial score (nSPS) is 32.2. The fraction of sp³-hybridized carbons (Fsp3) is 1.00. The van der Waals surface area contributed by atoms with Gasteiger partial charge in [0.15, 0.2) is 0 Å². The first kappa shape index (κ1) is 8.66. The molecule has 1 rings (SSSR count). The third kappa shape index (κ3) is 1.30. The van der Waals surface area contributed by atoms with Crippen LogP contribution in [0.25, 0.3) is 0 Å². The van der Waals surface area contributed by atoms with E-state index in [0.717, 1.165) is 0 Å². The third-order valence-electron chi connectivity index (χ3n) is 0.960. The number of alkyl halides is 5. The molecule has 0 aromatic heterocycles. The van der Waals surface area contributed by atoms with Crippen molar-refractivity contribution in [1.29, 1.82) is 0 Å². The van der Waals surface area contributed by atoms with Crippen molar-refractivity contribution in [2.24, 2.45) is 0 Å². The summed E-state index contributed by atoms with van der Waals surface area (Å²) >= 11 is 0. The van der Waals surface area contributed by atoms with E-state index in [9.17, 15) is 22.0 Å². The molecule has 1 heterocycles. The lowest BCUT2D eigenvalue weighted by Gasteiger charge is -2.11. The van der Waals surface area contributed by atoms with Crippen molar-refractivity contribution in [1.82, 2.24) is 0 Å². The molecule has 66 valence electrons. The first-order valence-electron chi connectivity index (χ1n) is 2.51. The minimum Gasteiger partial charge on any atom is -0.252 e. The van der Waals surface area contributed by atoms with Gasteiger partial charge >= 0.3 is 18.3 Å². The van der Waals surface area contributed by atoms with E-state index in [1.54, 1.807) is 0 Å². The van der Waals surface area contributed by atoms with Crippen LogP contribution in [0.15, 0.2) is 0 Å². The Morgan fingerprint density at radius 3 is 1.18 bits per heavy atom. The van der Waals surface area contributed by atoms with Gasteiger partial charge in [0.05, 0.1) is 0 Å². The number of halogens is 5. The molecule has 1 fully saturated rings. The molecule has 1 aliphatic heterocycles. The average molecular weight is 178 g/mol. The summed E-state index contributed by atoms with van der Waals surface area (Å²) < 4.78 is 65.7. The van der Waals surface area contributed by atoms with Crippen LogP contribution in [0.1, 0.15) is 6.92 Å². The van der Waals surface area contributed by atoms with Crippen LogP contribution in [0, 0.1) is 0 Å². The minimum absolute atomic E-state index is 0.321. The Balaban J connectivity index is 2.89. The molecule has 0 atom stereocenters. The lowest BCUT2D eigenvalue weighted by Crippen LogP contribution is -2.36. The highest BCUT2D eigenvalue weighted by molar-refractivity contribution is 4.76. The van der Waals surface area contributed by atoms with E-state index in [1.165, 1.54) is 0 Å². The van der Waals surface area contributed by atoms with Gasteiger partial charge in [0, 0.05) is 6.92 Å². The van der Waals surface area contributed by atoms with Crippen LogP contribution in [-0.4, -0.2) is 18.3 Å². The first-order chi connectivity index (χ1) is 4.66. The van der Waals surface area contributed by atoms with Gasteiger partial charge in [-0.1, -0.05) is 0 Å². The van der Waals surface area contributed by atoms with Crippen LogP contribution in [0.5, 0.6) is 0 Å². The largest absolute Gasteiger partial charge is 0.452 e. The van der Waals surface area contributed by atoms with Crippen molar-refractivity contribution >= 4 is 0 Å². The van der Waals surface area contributed by atoms with Crippen LogP contribution >= 0.6 is 0 Å². The van der Waals surface area contributed by atoms with Crippen molar-refractivity contribution in [3.8, 4) is 0 Å². The molecule has 7 heteroatoms. The SMILES string of the molecule is CC1(F)OC(F)(F)C(F)(F)O1. The molecule has 0 aliphatic carbocycles. The molecule has 0 unspecified atom stereocenters. The quantitative estimate of drug-likeness (QED) is 0.527. The van der Waals surface area contributed by atoms with Crippen molar-refractivity contribution in [2.45, 2.75) is 25.2 Å². The van der Waals surface area contributed by atoms with Gasteiger partial charge in [-0.2, -0.15) is 22.0 Å². The van der Waals surface area contributed by atoms with E-state index in [-0.39, 0.29) is 0 Å². The highest BCUT2D eigenvalue weighted by atomic mass is 19.3. The fourth-order valence-corrected chi connectivity index (χ4v) is 0.598. The maximum absolute atomic E-state index is 12.2. The van der Waals surface area contributed by atoms with Crippen LogP contribution in [-0.2, 0) is 9.47 Å². The molecule has 0 radical (unpaired) electrons. The van der Waals surface area contributed by atoms with Crippen LogP contribution in [0.2, 0.25) is 0 Å². The molecule has 0 aromatic carbocycles. The van der Waals surface area contributed by atoms with Gasteiger partial charge in [-0.05, 0) is 0 Å². The van der Waals surface area contributed by atoms with E-state index in [2.05, 4.69) is 9.47 Å². The molecular weight excluding hydrogens is 175 g/mol. The molecule has 2 nitrogen and oxygen atoms in total. The Morgan fingerprint density at radius 2 is 1.09 bits per heavy atom. The second-order valence-electron chi connectivity index (χ2n) is 2.07. The maximum atomic E-state index is 12.2. The smallest absolute Gasteiger partial charge is 0.252 e. The van der Waals surface area contributed by atoms with E-state index in [1.807, 2.05) is 0 Å². The molecule has 0 saturated carbocycles. The summed E-state index contributed by atoms with van der Waals surface area (Å²) in [4.78, 5) is 0. The van der Waals surface area contributed by atoms with Crippen molar-refractivity contribution in [3.63, 3.8) is 0 Å². The van der Waals surface area contributed by atoms with Crippen molar-refractivity contribution < 1.29 is 31.4 Å². The average Bonchev–Trinajstić information content (AvgIpc) is 1.66. The monoisotopic (exact) mass is 178 g/mol. The summed E-state index contributed by atoms with van der Waals surface area (Å²) in [6, 6.07) is -3.44. The van der Waals surface area contributed by atoms with Gasteiger partial charge in [-0.25, -0.2) is 0 Å². The maximum Gasteiger partial charge on any atom is 0.452 e. The molecule has 0 amide bonds. The second kappa shape index (κ2) is 1.84. The number of hydrogen-bond donors (Lipinski definition) is 0. The molecule has 0 N–H and O–H groups in total. The summed E-state index contributed by atoms with van der Waals surface area (Å²) in [5, 5.41) is 0. The fourth-order valence-electron chi connectivity index (χ4n) is 0.598. The summed E-state index contributed by atoms with van der Waals surface area (Å²) in [5.74, 6) is 0. The summed E-state index contributed by atoms with van der Waals surface area (Å²) in [6.45, 7) is 0.321. The summed E-state index contributed by atoms with van der Waals surface area (Å²) in [5.41, 5.74) is 0. The number of ether oxygens (including phenoxy) is 2. The van der Waals surface area contributed by atoms with Crippen LogP contribution in [0.4, 0.5) is 22.0 Å². The van der Waals surface area contributed by atoms with Gasteiger partial charge in [0.1, 0.15) is 0 Å². The predicted molar refractivity (Wildman–Crippen MR) is 21.6 cm³/mol. The topological polar surface area (TPSA) is 18.5 Å². The Hall–Kier alpha value is -0.430. The van der Waals surface area contributed by atoms with Gasteiger partial charge in [0.2, 0.25) is 0 Å². The first-order valence-corrected chi connectivity index (χ1v) is 2.51. The van der Waals surface area contributed by atoms with E-state index in [4.69, 9.17) is 0 Å². The van der Waals surface area contributed by atoms with Gasteiger partial charge in [-0.15, -0.1) is 0 Å². The van der Waals surface area contributed by atoms with Crippen molar-refractivity contribution in [2.75, 3.05) is 0 Å². The lowest BCUT2D eigenvalue weighted by atomic mass is 10.6. The molecular formula is C4H3F5O2. The third-order valence-corrected chi connectivity index (χ3v) is 0.960. The highest BCUT2D eigenvalue weighted by Gasteiger charge is 2.72. The number of hydrogen-bond acceptors (Lipinski definition) is 2. The molecule has 11 heavy (non-hydrogen) atoms. The van der Waals surface area contributed by atoms with E-state index in [0.29, 0.717) is 6.92 Å². The highest BCUT2D eigenvalue weighted by Crippen LogP contribution is 2.48. The van der Waals surface area contributed by atoms with Crippen molar-refractivity contribution in [3.05, 3.63) is 0 Å². The second-order valence-corrected chi connectivity index (χ2v) is 2.07. The minimum atomic E-state index is -4.91. The Bertz CT molecular complexity index is 159. The van der Waals surface area contributed by atoms with Crippen LogP contribution < -0.4 is 0 Å². The van der Waals surface area contributed by atoms with E-state index >= 15 is 0 Å². The Labute approximate surface area is 57.9 Å². The Kier molecular flexibility index (Phi) is 1.45. The predicted octanol–water partition coefficient (Wildman–Crippen LogP) is 1.86. The Morgan fingerprint density at radius 1 is 0.818 bits per heavy atom. The number of rotatable bonds is 0. The standard InChI is InChI=1S/C4H3F5O2/c1-2(5)10-3(6,7)4(8,9)11-2/h1H3. The zero-order valence-corrected chi connectivity index (χ0v) is 5.21. The summed E-state index contributed by atoms with van der Waals surface area (Å²) in [6.07, 6.45) is -9.81. The summed E-state index contributed by atoms with van der Waals surface area (Å²) in [7, 11) is 0. The zero-order chi connectivity index (χ0) is 8.91. The van der Waals surface area contributed by atoms with Crippen LogP contribution in [0.3, 0.4) is 0 Å². The van der Waals surface area contributed by atoms with Gasteiger partial charge in [-0.3, -0.25) is 9.47 Å². The molecule has 1 aliphatic rings. The molecule has 1 saturated heterocycles. The molecule has 0 spiro atoms. The van der Waals surface area contributed by atoms with Gasteiger partial charge in [0.25, 0.3) is 0 Å².